The van der Waals surface area contributed by atoms with Crippen molar-refractivity contribution in [2.24, 2.45) is 0 Å². The summed E-state index contributed by atoms with van der Waals surface area (Å²) in [6, 6.07) is 12.4. The summed E-state index contributed by atoms with van der Waals surface area (Å²) in [5.41, 5.74) is 1.27. The van der Waals surface area contributed by atoms with Crippen LogP contribution in [0.3, 0.4) is 0 Å². The number of carbonyl (C=O) groups excluding carboxylic acids is 1. The number of amides is 1. The molecule has 0 spiro atoms. The number of nitrogens with zero attached hydrogens (tertiary/aromatic N) is 3. The third kappa shape index (κ3) is 3.78. The average molecular weight is 330 g/mol. The van der Waals surface area contributed by atoms with Gasteiger partial charge < -0.3 is 9.73 Å². The maximum atomic E-state index is 12.4. The van der Waals surface area contributed by atoms with E-state index in [-0.39, 0.29) is 18.2 Å². The standard InChI is InChI=1S/C16H12F2N4O2/c17-14(18)16-22-21-15(24-16)11-6-7-12(19-9-11)20-13(23)8-10-4-2-1-3-5-10/h1-7,9,14H,8H2,(H,19,20,23). The van der Waals surface area contributed by atoms with Crippen LogP contribution in [-0.2, 0) is 11.2 Å². The van der Waals surface area contributed by atoms with E-state index in [9.17, 15) is 13.6 Å². The van der Waals surface area contributed by atoms with Crippen LogP contribution in [0.1, 0.15) is 17.9 Å². The molecule has 0 bridgehead atoms. The van der Waals surface area contributed by atoms with Crippen LogP contribution in [0.2, 0.25) is 0 Å². The Hall–Kier alpha value is -3.16. The van der Waals surface area contributed by atoms with Crippen LogP contribution in [0.5, 0.6) is 0 Å². The van der Waals surface area contributed by atoms with Crippen LogP contribution < -0.4 is 5.32 Å². The molecule has 1 N–H and O–H groups in total. The highest BCUT2D eigenvalue weighted by molar-refractivity contribution is 5.91. The number of aromatic nitrogens is 3. The number of anilines is 1. The van der Waals surface area contributed by atoms with Gasteiger partial charge in [-0.25, -0.2) is 4.98 Å². The van der Waals surface area contributed by atoms with Gasteiger partial charge in [0.15, 0.2) is 0 Å². The van der Waals surface area contributed by atoms with Gasteiger partial charge in [-0.3, -0.25) is 4.79 Å². The molecule has 8 heteroatoms. The molecule has 122 valence electrons. The molecule has 0 radical (unpaired) electrons. The number of benzene rings is 1. The maximum Gasteiger partial charge on any atom is 0.314 e. The Morgan fingerprint density at radius 2 is 1.92 bits per heavy atom. The van der Waals surface area contributed by atoms with Crippen molar-refractivity contribution in [1.82, 2.24) is 15.2 Å². The minimum Gasteiger partial charge on any atom is -0.415 e. The summed E-state index contributed by atoms with van der Waals surface area (Å²) < 4.78 is 29.7. The number of nitrogens with one attached hydrogen (secondary N) is 1. The molecular weight excluding hydrogens is 318 g/mol. The molecule has 0 saturated heterocycles. The lowest BCUT2D eigenvalue weighted by Crippen LogP contribution is -2.15. The van der Waals surface area contributed by atoms with Crippen LogP contribution in [0.25, 0.3) is 11.5 Å². The van der Waals surface area contributed by atoms with E-state index in [0.717, 1.165) is 5.56 Å². The van der Waals surface area contributed by atoms with Crippen molar-refractivity contribution in [1.29, 1.82) is 0 Å². The first-order chi connectivity index (χ1) is 11.6. The Morgan fingerprint density at radius 1 is 1.12 bits per heavy atom. The Kier molecular flexibility index (Phi) is 4.55. The van der Waals surface area contributed by atoms with Crippen LogP contribution >= 0.6 is 0 Å². The number of hydrogen-bond acceptors (Lipinski definition) is 5. The molecule has 2 aromatic heterocycles. The van der Waals surface area contributed by atoms with Crippen molar-refractivity contribution in [3.8, 4) is 11.5 Å². The van der Waals surface area contributed by atoms with Gasteiger partial charge in [0.2, 0.25) is 11.8 Å². The molecule has 1 amide bonds. The number of halogens is 2. The van der Waals surface area contributed by atoms with Gasteiger partial charge >= 0.3 is 6.43 Å². The molecule has 0 aliphatic carbocycles. The van der Waals surface area contributed by atoms with E-state index >= 15 is 0 Å². The summed E-state index contributed by atoms with van der Waals surface area (Å²) in [5.74, 6) is -0.669. The summed E-state index contributed by atoms with van der Waals surface area (Å²) in [5, 5.41) is 9.43. The van der Waals surface area contributed by atoms with Crippen molar-refractivity contribution in [3.05, 3.63) is 60.1 Å². The second-order valence-electron chi connectivity index (χ2n) is 4.89. The van der Waals surface area contributed by atoms with Crippen LogP contribution in [0.4, 0.5) is 14.6 Å². The molecule has 3 aromatic rings. The molecule has 0 atom stereocenters. The quantitative estimate of drug-likeness (QED) is 0.776. The predicted octanol–water partition coefficient (Wildman–Crippen LogP) is 3.25. The molecule has 0 unspecified atom stereocenters. The Balaban J connectivity index is 1.64. The number of carbonyl (C=O) groups is 1. The molecule has 3 rings (SSSR count). The highest BCUT2D eigenvalue weighted by Crippen LogP contribution is 2.23. The van der Waals surface area contributed by atoms with E-state index in [1.165, 1.54) is 12.3 Å². The van der Waals surface area contributed by atoms with E-state index in [1.807, 2.05) is 30.3 Å². The summed E-state index contributed by atoms with van der Waals surface area (Å²) in [7, 11) is 0. The van der Waals surface area contributed by atoms with Gasteiger partial charge in [0.1, 0.15) is 5.82 Å². The molecule has 6 nitrogen and oxygen atoms in total. The Bertz CT molecular complexity index is 820. The summed E-state index contributed by atoms with van der Waals surface area (Å²) in [6.45, 7) is 0. The van der Waals surface area contributed by atoms with Gasteiger partial charge in [0.05, 0.1) is 12.0 Å². The highest BCUT2D eigenvalue weighted by Gasteiger charge is 2.17. The van der Waals surface area contributed by atoms with E-state index in [2.05, 4.69) is 20.5 Å². The fourth-order valence-corrected chi connectivity index (χ4v) is 2.00. The maximum absolute atomic E-state index is 12.4. The van der Waals surface area contributed by atoms with Gasteiger partial charge in [0, 0.05) is 6.20 Å². The van der Waals surface area contributed by atoms with Crippen LogP contribution in [-0.4, -0.2) is 21.1 Å². The van der Waals surface area contributed by atoms with Crippen LogP contribution in [0, 0.1) is 0 Å². The topological polar surface area (TPSA) is 80.9 Å². The van der Waals surface area contributed by atoms with E-state index in [0.29, 0.717) is 11.4 Å². The summed E-state index contributed by atoms with van der Waals surface area (Å²) in [6.07, 6.45) is -1.23. The number of alkyl halides is 2. The van der Waals surface area contributed by atoms with Gasteiger partial charge in [-0.15, -0.1) is 10.2 Å². The molecule has 0 aliphatic rings. The predicted molar refractivity (Wildman–Crippen MR) is 81.3 cm³/mol. The monoisotopic (exact) mass is 330 g/mol. The minimum absolute atomic E-state index is 0.0556. The SMILES string of the molecule is O=C(Cc1ccccc1)Nc1ccc(-c2nnc(C(F)F)o2)cn1. The summed E-state index contributed by atoms with van der Waals surface area (Å²) >= 11 is 0. The largest absolute Gasteiger partial charge is 0.415 e. The number of pyridine rings is 1. The molecule has 0 fully saturated rings. The lowest BCUT2D eigenvalue weighted by atomic mass is 10.1. The third-order valence-electron chi connectivity index (χ3n) is 3.11. The summed E-state index contributed by atoms with van der Waals surface area (Å²) in [4.78, 5) is 16.0. The van der Waals surface area contributed by atoms with Gasteiger partial charge in [0.25, 0.3) is 5.89 Å². The van der Waals surface area contributed by atoms with E-state index < -0.39 is 12.3 Å². The fraction of sp³-hybridized carbons (Fsp3) is 0.125. The molecule has 1 aromatic carbocycles. The van der Waals surface area contributed by atoms with Crippen molar-refractivity contribution < 1.29 is 18.0 Å². The smallest absolute Gasteiger partial charge is 0.314 e. The van der Waals surface area contributed by atoms with Gasteiger partial charge in [-0.2, -0.15) is 8.78 Å². The second-order valence-corrected chi connectivity index (χ2v) is 4.89. The number of rotatable bonds is 5. The normalized spacial score (nSPS) is 10.8. The highest BCUT2D eigenvalue weighted by atomic mass is 19.3. The first-order valence-electron chi connectivity index (χ1n) is 7.03. The van der Waals surface area contributed by atoms with Crippen LogP contribution in [0.15, 0.2) is 53.1 Å². The van der Waals surface area contributed by atoms with E-state index in [1.54, 1.807) is 6.07 Å². The zero-order valence-electron chi connectivity index (χ0n) is 12.3. The van der Waals surface area contributed by atoms with E-state index in [4.69, 9.17) is 4.42 Å². The Labute approximate surface area is 135 Å². The average Bonchev–Trinajstić information content (AvgIpc) is 3.07. The first kappa shape index (κ1) is 15.7. The van der Waals surface area contributed by atoms with Gasteiger partial charge in [-0.05, 0) is 17.7 Å². The molecule has 24 heavy (non-hydrogen) atoms. The molecule has 0 aliphatic heterocycles. The van der Waals surface area contributed by atoms with Gasteiger partial charge in [-0.1, -0.05) is 30.3 Å². The zero-order chi connectivity index (χ0) is 16.9. The fourth-order valence-electron chi connectivity index (χ4n) is 2.00. The van der Waals surface area contributed by atoms with Crippen molar-refractivity contribution in [3.63, 3.8) is 0 Å². The molecule has 0 saturated carbocycles. The lowest BCUT2D eigenvalue weighted by Gasteiger charge is -2.04. The third-order valence-corrected chi connectivity index (χ3v) is 3.11. The first-order valence-corrected chi connectivity index (χ1v) is 7.03. The second kappa shape index (κ2) is 6.95. The van der Waals surface area contributed by atoms with Crippen molar-refractivity contribution in [2.45, 2.75) is 12.8 Å². The molecular formula is C16H12F2N4O2. The Morgan fingerprint density at radius 3 is 2.54 bits per heavy atom. The lowest BCUT2D eigenvalue weighted by molar-refractivity contribution is -0.115. The van der Waals surface area contributed by atoms with Crippen molar-refractivity contribution in [2.75, 3.05) is 5.32 Å². The van der Waals surface area contributed by atoms with Crippen molar-refractivity contribution >= 4 is 11.7 Å². The zero-order valence-corrected chi connectivity index (χ0v) is 12.3. The minimum atomic E-state index is -2.82. The number of hydrogen-bond donors (Lipinski definition) is 1. The molecule has 2 heterocycles.